The summed E-state index contributed by atoms with van der Waals surface area (Å²) in [5.74, 6) is 0. The van der Waals surface area contributed by atoms with Gasteiger partial charge in [-0.3, -0.25) is 0 Å². The third-order valence-electron chi connectivity index (χ3n) is 11.5. The molecule has 0 spiro atoms. The van der Waals surface area contributed by atoms with Gasteiger partial charge >= 0.3 is 0 Å². The van der Waals surface area contributed by atoms with E-state index < -0.39 is 0 Å². The molecule has 0 radical (unpaired) electrons. The normalized spacial score (nSPS) is 13.1. The molecule has 256 valence electrons. The first-order valence-electron chi connectivity index (χ1n) is 18.6. The van der Waals surface area contributed by atoms with Crippen LogP contribution < -0.4 is 4.90 Å². The minimum absolute atomic E-state index is 0.155. The molecule has 0 unspecified atom stereocenters. The van der Waals surface area contributed by atoms with Crippen molar-refractivity contribution in [1.82, 2.24) is 0 Å². The van der Waals surface area contributed by atoms with Gasteiger partial charge in [0.1, 0.15) is 22.3 Å². The fraction of sp³-hybridized carbons (Fsp3) is 0.0588. The van der Waals surface area contributed by atoms with Crippen LogP contribution in [0.2, 0.25) is 0 Å². The molecule has 54 heavy (non-hydrogen) atoms. The summed E-state index contributed by atoms with van der Waals surface area (Å²) < 4.78 is 13.4. The molecule has 0 N–H and O–H groups in total. The van der Waals surface area contributed by atoms with Crippen LogP contribution in [0.5, 0.6) is 0 Å². The second-order valence-corrected chi connectivity index (χ2v) is 14.9. The van der Waals surface area contributed by atoms with Crippen LogP contribution in [-0.2, 0) is 5.41 Å². The van der Waals surface area contributed by atoms with Crippen LogP contribution in [0.4, 0.5) is 17.1 Å². The summed E-state index contributed by atoms with van der Waals surface area (Å²) in [6, 6.07) is 62.8. The van der Waals surface area contributed by atoms with Crippen LogP contribution in [0.25, 0.3) is 77.3 Å². The molecule has 10 aromatic rings. The molecule has 0 amide bonds. The predicted octanol–water partition coefficient (Wildman–Crippen LogP) is 14.6. The summed E-state index contributed by atoms with van der Waals surface area (Å²) in [4.78, 5) is 2.37. The molecule has 0 fully saturated rings. The number of hydrogen-bond acceptors (Lipinski definition) is 3. The Kier molecular flexibility index (Phi) is 6.60. The van der Waals surface area contributed by atoms with E-state index in [1.165, 1.54) is 33.4 Å². The van der Waals surface area contributed by atoms with Gasteiger partial charge in [-0.15, -0.1) is 0 Å². The van der Waals surface area contributed by atoms with Gasteiger partial charge in [-0.1, -0.05) is 129 Å². The highest BCUT2D eigenvalue weighted by atomic mass is 16.3. The maximum atomic E-state index is 7.07. The molecule has 0 bridgehead atoms. The second kappa shape index (κ2) is 11.6. The van der Waals surface area contributed by atoms with Crippen molar-refractivity contribution in [2.24, 2.45) is 0 Å². The Labute approximate surface area is 313 Å². The maximum Gasteiger partial charge on any atom is 0.145 e. The molecule has 0 saturated carbocycles. The summed E-state index contributed by atoms with van der Waals surface area (Å²) in [7, 11) is 0. The van der Waals surface area contributed by atoms with E-state index in [0.717, 1.165) is 72.1 Å². The zero-order valence-corrected chi connectivity index (χ0v) is 30.0. The minimum atomic E-state index is -0.155. The topological polar surface area (TPSA) is 29.5 Å². The van der Waals surface area contributed by atoms with Crippen molar-refractivity contribution in [3.8, 4) is 33.4 Å². The Hall–Kier alpha value is -6.84. The molecule has 1 aliphatic carbocycles. The Morgan fingerprint density at radius 2 is 1.04 bits per heavy atom. The molecule has 3 nitrogen and oxygen atoms in total. The summed E-state index contributed by atoms with van der Waals surface area (Å²) >= 11 is 0. The highest BCUT2D eigenvalue weighted by Gasteiger charge is 2.36. The highest BCUT2D eigenvalue weighted by Crippen LogP contribution is 2.53. The van der Waals surface area contributed by atoms with Crippen LogP contribution >= 0.6 is 0 Å². The molecule has 0 saturated heterocycles. The molecular formula is C51H35NO2. The summed E-state index contributed by atoms with van der Waals surface area (Å²) in [6.07, 6.45) is 0. The lowest BCUT2D eigenvalue weighted by atomic mass is 9.81. The number of nitrogens with zero attached hydrogens (tertiary/aromatic N) is 1. The number of benzene rings is 8. The number of rotatable bonds is 5. The van der Waals surface area contributed by atoms with Crippen LogP contribution in [0.15, 0.2) is 185 Å². The zero-order valence-electron chi connectivity index (χ0n) is 30.0. The highest BCUT2D eigenvalue weighted by molar-refractivity contribution is 6.27. The van der Waals surface area contributed by atoms with Crippen molar-refractivity contribution in [2.75, 3.05) is 4.90 Å². The average molecular weight is 694 g/mol. The lowest BCUT2D eigenvalue weighted by molar-refractivity contribution is 0.660. The fourth-order valence-corrected chi connectivity index (χ4v) is 8.90. The minimum Gasteiger partial charge on any atom is -0.456 e. The largest absolute Gasteiger partial charge is 0.456 e. The SMILES string of the molecule is CC1(C)c2ccccc2-c2ccc(-c3c(N(c4ccccc4)c4ccc(-c5ccccc5)cc4)ccc4c3oc3ccc5oc6ccccc6c5c34)cc21. The van der Waals surface area contributed by atoms with Gasteiger partial charge in [0.15, 0.2) is 0 Å². The number of fused-ring (bicyclic) bond motifs is 10. The Morgan fingerprint density at radius 3 is 1.85 bits per heavy atom. The lowest BCUT2D eigenvalue weighted by Crippen LogP contribution is -2.15. The predicted molar refractivity (Wildman–Crippen MR) is 224 cm³/mol. The average Bonchev–Trinajstić information content (AvgIpc) is 3.86. The van der Waals surface area contributed by atoms with Crippen LogP contribution in [0.3, 0.4) is 0 Å². The van der Waals surface area contributed by atoms with E-state index in [1.807, 2.05) is 18.2 Å². The molecular weight excluding hydrogens is 659 g/mol. The van der Waals surface area contributed by atoms with E-state index >= 15 is 0 Å². The van der Waals surface area contributed by atoms with Crippen molar-refractivity contribution in [3.63, 3.8) is 0 Å². The molecule has 0 aliphatic heterocycles. The third kappa shape index (κ3) is 4.48. The van der Waals surface area contributed by atoms with Gasteiger partial charge < -0.3 is 13.7 Å². The van der Waals surface area contributed by atoms with Gasteiger partial charge in [0, 0.05) is 43.9 Å². The molecule has 0 atom stereocenters. The summed E-state index contributed by atoms with van der Waals surface area (Å²) in [5, 5.41) is 4.32. The zero-order chi connectivity index (χ0) is 36.0. The maximum absolute atomic E-state index is 7.07. The van der Waals surface area contributed by atoms with Gasteiger partial charge in [0.25, 0.3) is 0 Å². The monoisotopic (exact) mass is 693 g/mol. The van der Waals surface area contributed by atoms with Crippen molar-refractivity contribution in [1.29, 1.82) is 0 Å². The van der Waals surface area contributed by atoms with E-state index in [4.69, 9.17) is 8.83 Å². The first-order chi connectivity index (χ1) is 26.5. The quantitative estimate of drug-likeness (QED) is 0.180. The van der Waals surface area contributed by atoms with Crippen molar-refractivity contribution < 1.29 is 8.83 Å². The van der Waals surface area contributed by atoms with Gasteiger partial charge in [-0.2, -0.15) is 0 Å². The van der Waals surface area contributed by atoms with Crippen LogP contribution in [0, 0.1) is 0 Å². The van der Waals surface area contributed by atoms with Gasteiger partial charge in [0.05, 0.1) is 5.69 Å². The smallest absolute Gasteiger partial charge is 0.145 e. The molecule has 2 aromatic heterocycles. The van der Waals surface area contributed by atoms with E-state index in [-0.39, 0.29) is 5.41 Å². The first-order valence-corrected chi connectivity index (χ1v) is 18.6. The summed E-state index contributed by atoms with van der Waals surface area (Å²) in [5.41, 5.74) is 16.3. The number of anilines is 3. The van der Waals surface area contributed by atoms with Crippen molar-refractivity contribution in [2.45, 2.75) is 19.3 Å². The Morgan fingerprint density at radius 1 is 0.426 bits per heavy atom. The standard InChI is InChI=1S/C51H35NO2/c1-51(2)41-19-11-9-17-37(41)38-26-23-34(31-42(38)51)47-43(52(35-15-7-4-8-16-35)36-24-21-33(22-25-36)32-13-5-3-6-14-32)28-27-40-49-46(54-50(40)47)30-29-45-48(49)39-18-10-12-20-44(39)53-45/h3-31H,1-2H3. The fourth-order valence-electron chi connectivity index (χ4n) is 8.90. The van der Waals surface area contributed by atoms with Gasteiger partial charge in [-0.25, -0.2) is 0 Å². The van der Waals surface area contributed by atoms with Gasteiger partial charge in [-0.05, 0) is 99.6 Å². The Balaban J connectivity index is 1.21. The van der Waals surface area contributed by atoms with Crippen LogP contribution in [0.1, 0.15) is 25.0 Å². The van der Waals surface area contributed by atoms with E-state index in [2.05, 4.69) is 176 Å². The molecule has 2 heterocycles. The lowest BCUT2D eigenvalue weighted by Gasteiger charge is -2.28. The van der Waals surface area contributed by atoms with Gasteiger partial charge in [0.2, 0.25) is 0 Å². The van der Waals surface area contributed by atoms with E-state index in [1.54, 1.807) is 0 Å². The first kappa shape index (κ1) is 30.8. The van der Waals surface area contributed by atoms with E-state index in [0.29, 0.717) is 0 Å². The third-order valence-corrected chi connectivity index (χ3v) is 11.5. The second-order valence-electron chi connectivity index (χ2n) is 14.9. The molecule has 3 heteroatoms. The van der Waals surface area contributed by atoms with Crippen molar-refractivity contribution >= 4 is 60.9 Å². The summed E-state index contributed by atoms with van der Waals surface area (Å²) in [6.45, 7) is 4.69. The Bertz CT molecular complexity index is 3060. The van der Waals surface area contributed by atoms with Crippen molar-refractivity contribution in [3.05, 3.63) is 187 Å². The number of hydrogen-bond donors (Lipinski definition) is 0. The van der Waals surface area contributed by atoms with E-state index in [9.17, 15) is 0 Å². The number of para-hydroxylation sites is 2. The number of furan rings is 2. The van der Waals surface area contributed by atoms with Crippen LogP contribution in [-0.4, -0.2) is 0 Å². The molecule has 11 rings (SSSR count). The molecule has 1 aliphatic rings. The molecule has 8 aromatic carbocycles.